The topological polar surface area (TPSA) is 155 Å². The van der Waals surface area contributed by atoms with Crippen LogP contribution in [0.1, 0.15) is 96.4 Å². The van der Waals surface area contributed by atoms with Gasteiger partial charge in [0.25, 0.3) is 11.8 Å². The van der Waals surface area contributed by atoms with E-state index in [1.54, 1.807) is 18.9 Å². The van der Waals surface area contributed by atoms with Crippen molar-refractivity contribution < 1.29 is 33.4 Å². The summed E-state index contributed by atoms with van der Waals surface area (Å²) in [5.41, 5.74) is 11.0. The van der Waals surface area contributed by atoms with Gasteiger partial charge in [-0.15, -0.1) is 0 Å². The first-order valence-electron chi connectivity index (χ1n) is 24.0. The normalized spacial score (nSPS) is 22.4. The van der Waals surface area contributed by atoms with Crippen molar-refractivity contribution in [3.63, 3.8) is 0 Å². The van der Waals surface area contributed by atoms with Crippen molar-refractivity contribution in [3.8, 4) is 34.2 Å². The molecular weight excluding hydrogens is 847 g/mol. The zero-order valence-electron chi connectivity index (χ0n) is 40.0. The minimum absolute atomic E-state index is 0.136. The van der Waals surface area contributed by atoms with Crippen molar-refractivity contribution in [1.82, 2.24) is 35.1 Å². The highest BCUT2D eigenvalue weighted by molar-refractivity contribution is 5.97. The van der Waals surface area contributed by atoms with Crippen LogP contribution in [0.15, 0.2) is 60.8 Å². The van der Waals surface area contributed by atoms with Crippen LogP contribution in [-0.4, -0.2) is 118 Å². The maximum atomic E-state index is 14.8. The molecule has 5 atom stereocenters. The Bertz CT molecular complexity index is 2600. The Kier molecular flexibility index (Phi) is 14.2. The minimum Gasteiger partial charge on any atom is -0.464 e. The number of hydrogen-bond acceptors (Lipinski definition) is 9. The predicted molar refractivity (Wildman–Crippen MR) is 256 cm³/mol. The lowest BCUT2D eigenvalue weighted by Gasteiger charge is -2.37. The molecule has 0 saturated carbocycles. The van der Waals surface area contributed by atoms with Gasteiger partial charge in [-0.25, -0.2) is 5.43 Å². The number of hydrazine groups is 1. The molecule has 4 amide bonds. The number of hydrogen-bond donors (Lipinski definition) is 2. The molecule has 14 nitrogen and oxygen atoms in total. The molecule has 2 aromatic carbocycles. The minimum atomic E-state index is -1.08. The second-order valence-electron chi connectivity index (χ2n) is 19.7. The summed E-state index contributed by atoms with van der Waals surface area (Å²) in [5.74, 6) is 2.90. The van der Waals surface area contributed by atoms with Crippen LogP contribution in [0.5, 0.6) is 0 Å². The van der Waals surface area contributed by atoms with E-state index in [4.69, 9.17) is 14.5 Å². The van der Waals surface area contributed by atoms with Crippen LogP contribution in [-0.2, 0) is 52.8 Å². The third-order valence-corrected chi connectivity index (χ3v) is 13.8. The van der Waals surface area contributed by atoms with Crippen LogP contribution in [0, 0.1) is 23.2 Å². The summed E-state index contributed by atoms with van der Waals surface area (Å²) in [7, 11) is 1.60. The molecule has 0 radical (unpaired) electrons. The number of ether oxygens (including phenoxy) is 2. The third-order valence-electron chi connectivity index (χ3n) is 13.8. The number of nitrogens with zero attached hydrogens (tertiary/aromatic N) is 5. The molecule has 4 aromatic rings. The fourth-order valence-corrected chi connectivity index (χ4v) is 10.5. The summed E-state index contributed by atoms with van der Waals surface area (Å²) < 4.78 is 14.6. The van der Waals surface area contributed by atoms with E-state index in [1.807, 2.05) is 24.4 Å². The number of benzene rings is 2. The van der Waals surface area contributed by atoms with E-state index < -0.39 is 53.3 Å². The molecule has 2 N–H and O–H groups in total. The number of nitrogens with one attached hydrogen (secondary N) is 2. The molecule has 6 bridgehead atoms. The Labute approximate surface area is 394 Å². The molecule has 4 aliphatic rings. The van der Waals surface area contributed by atoms with Gasteiger partial charge in [0.2, 0.25) is 11.8 Å². The third kappa shape index (κ3) is 10.00. The number of carbonyl (C=O) groups excluding carboxylic acids is 5. The number of rotatable bonds is 8. The molecule has 3 fully saturated rings. The number of fused-ring (bicyclic) bond motifs is 6. The van der Waals surface area contributed by atoms with Crippen LogP contribution < -0.4 is 10.7 Å². The number of pyridine rings is 1. The molecule has 4 aliphatic heterocycles. The van der Waals surface area contributed by atoms with Crippen LogP contribution in [0.2, 0.25) is 0 Å². The number of cyclic esters (lactones) is 1. The molecule has 354 valence electrons. The Morgan fingerprint density at radius 2 is 1.82 bits per heavy atom. The molecule has 3 saturated heterocycles. The number of aromatic nitrogens is 2. The van der Waals surface area contributed by atoms with Crippen molar-refractivity contribution in [2.24, 2.45) is 11.3 Å². The fourth-order valence-electron chi connectivity index (χ4n) is 10.5. The van der Waals surface area contributed by atoms with Gasteiger partial charge in [-0.1, -0.05) is 63.9 Å². The SMILES string of the molecule is CC#CC(=O)N1CC[C@H](C(=O)N(C)C(C(=O)N[C@H]2Cc3cccc(c3)-c3ccc4c(c3)c(c(-c3cccnc3C(C)C)n4CC)CC(C)(C)COC(=O)[C@@H]3CCCN(N3)C2=O)C2CCCO2)C1. The average molecular weight is 912 g/mol. The molecule has 6 heterocycles. The van der Waals surface area contributed by atoms with E-state index >= 15 is 0 Å². The van der Waals surface area contributed by atoms with E-state index in [1.165, 1.54) is 9.91 Å². The van der Waals surface area contributed by atoms with E-state index in [9.17, 15) is 24.0 Å². The first-order valence-corrected chi connectivity index (χ1v) is 24.0. The van der Waals surface area contributed by atoms with Crippen molar-refractivity contribution in [1.29, 1.82) is 0 Å². The van der Waals surface area contributed by atoms with E-state index in [-0.39, 0.29) is 37.3 Å². The highest BCUT2D eigenvalue weighted by atomic mass is 16.5. The smallest absolute Gasteiger partial charge is 0.324 e. The van der Waals surface area contributed by atoms with E-state index in [0.717, 1.165) is 63.1 Å². The summed E-state index contributed by atoms with van der Waals surface area (Å²) >= 11 is 0. The molecule has 8 rings (SSSR count). The standard InChI is InChI=1S/C53H65N7O7/c1-8-14-45(61)58-25-22-37(31-58)50(63)57(7)48(44-19-13-26-66-44)49(62)55-42-28-34-15-10-16-35(27-34)36-20-21-43-39(29-36)40(47(59(43)9-2)38-17-11-23-54-46(38)33(3)4)30-53(5,6)32-67-52(65)41-18-12-24-60(56-41)51(42)64/h10-11,15-17,20-21,23,27,29,33,37,41-42,44,48,56H,9,12-13,18-19,22,24-26,28,30-32H2,1-7H3,(H,55,62)/t37-,41-,42-,44?,48?/m0/s1. The molecule has 67 heavy (non-hydrogen) atoms. The number of carbonyl (C=O) groups is 5. The monoisotopic (exact) mass is 911 g/mol. The summed E-state index contributed by atoms with van der Waals surface area (Å²) in [5, 5.41) is 5.63. The number of esters is 1. The highest BCUT2D eigenvalue weighted by Gasteiger charge is 2.43. The first kappa shape index (κ1) is 47.5. The number of likely N-dealkylation sites (tertiary alicyclic amines) is 1. The Morgan fingerprint density at radius 3 is 2.57 bits per heavy atom. The van der Waals surface area contributed by atoms with Gasteiger partial charge < -0.3 is 29.2 Å². The fraction of sp³-hybridized carbons (Fsp3) is 0.509. The quantitative estimate of drug-likeness (QED) is 0.159. The Hall–Kier alpha value is -6.04. The molecule has 2 aromatic heterocycles. The zero-order chi connectivity index (χ0) is 47.6. The average Bonchev–Trinajstić information content (AvgIpc) is 4.11. The summed E-state index contributed by atoms with van der Waals surface area (Å²) in [4.78, 5) is 78.1. The second-order valence-corrected chi connectivity index (χ2v) is 19.7. The lowest BCUT2D eigenvalue weighted by atomic mass is 9.83. The molecule has 14 heteroatoms. The van der Waals surface area contributed by atoms with Gasteiger partial charge in [0.1, 0.15) is 18.1 Å². The lowest BCUT2D eigenvalue weighted by Crippen LogP contribution is -2.63. The first-order chi connectivity index (χ1) is 32.2. The highest BCUT2D eigenvalue weighted by Crippen LogP contribution is 2.42. The van der Waals surface area contributed by atoms with Gasteiger partial charge in [-0.2, -0.15) is 0 Å². The lowest BCUT2D eigenvalue weighted by molar-refractivity contribution is -0.155. The predicted octanol–water partition coefficient (Wildman–Crippen LogP) is 6.04. The van der Waals surface area contributed by atoms with Crippen molar-refractivity contribution in [3.05, 3.63) is 77.6 Å². The van der Waals surface area contributed by atoms with Crippen LogP contribution >= 0.6 is 0 Å². The maximum Gasteiger partial charge on any atom is 0.324 e. The van der Waals surface area contributed by atoms with Crippen molar-refractivity contribution in [2.75, 3.05) is 39.9 Å². The van der Waals surface area contributed by atoms with Gasteiger partial charge >= 0.3 is 5.97 Å². The van der Waals surface area contributed by atoms with Crippen LogP contribution in [0.25, 0.3) is 33.3 Å². The summed E-state index contributed by atoms with van der Waals surface area (Å²) in [6.45, 7) is 14.6. The maximum absolute atomic E-state index is 14.8. The second kappa shape index (κ2) is 20.1. The van der Waals surface area contributed by atoms with Gasteiger partial charge in [-0.05, 0) is 111 Å². The van der Waals surface area contributed by atoms with Gasteiger partial charge in [0.15, 0.2) is 0 Å². The van der Waals surface area contributed by atoms with Crippen LogP contribution in [0.4, 0.5) is 0 Å². The van der Waals surface area contributed by atoms with Crippen molar-refractivity contribution in [2.45, 2.75) is 123 Å². The molecule has 0 aliphatic carbocycles. The summed E-state index contributed by atoms with van der Waals surface area (Å²) in [6, 6.07) is 15.9. The molecule has 2 unspecified atom stereocenters. The zero-order valence-corrected chi connectivity index (χ0v) is 40.0. The van der Waals surface area contributed by atoms with Gasteiger partial charge in [-0.3, -0.25) is 34.0 Å². The van der Waals surface area contributed by atoms with Crippen molar-refractivity contribution >= 4 is 40.5 Å². The van der Waals surface area contributed by atoms with Gasteiger partial charge in [0, 0.05) is 74.3 Å². The number of likely N-dealkylation sites (N-methyl/N-ethyl adjacent to an activating group) is 1. The Balaban J connectivity index is 1.18. The van der Waals surface area contributed by atoms with Gasteiger partial charge in [0.05, 0.1) is 30.0 Å². The van der Waals surface area contributed by atoms with E-state index in [2.05, 4.69) is 98.2 Å². The summed E-state index contributed by atoms with van der Waals surface area (Å²) in [6.07, 6.45) is 4.77. The Morgan fingerprint density at radius 1 is 1.01 bits per heavy atom. The largest absolute Gasteiger partial charge is 0.464 e. The molecule has 0 spiro atoms. The molecular formula is C53H65N7O7. The number of aryl methyl sites for hydroxylation is 1. The van der Waals surface area contributed by atoms with E-state index in [0.29, 0.717) is 51.8 Å². The van der Waals surface area contributed by atoms with Crippen LogP contribution in [0.3, 0.4) is 0 Å². The number of amides is 4.